The van der Waals surface area contributed by atoms with Gasteiger partial charge < -0.3 is 15.4 Å². The minimum atomic E-state index is -2.72. The van der Waals surface area contributed by atoms with Gasteiger partial charge in [0, 0.05) is 32.3 Å². The SMILES string of the molecule is COCCNCC(F)(F)CCc1ccc2c(n1)NCCC2. The van der Waals surface area contributed by atoms with Crippen molar-refractivity contribution in [2.24, 2.45) is 0 Å². The molecule has 0 unspecified atom stereocenters. The molecule has 1 aliphatic rings. The molecule has 118 valence electrons. The molecule has 2 N–H and O–H groups in total. The largest absolute Gasteiger partial charge is 0.383 e. The van der Waals surface area contributed by atoms with Gasteiger partial charge in [-0.1, -0.05) is 6.07 Å². The second-order valence-electron chi connectivity index (χ2n) is 5.37. The number of halogens is 2. The molecule has 2 rings (SSSR count). The van der Waals surface area contributed by atoms with Crippen molar-refractivity contribution in [1.82, 2.24) is 10.3 Å². The molecular weight excluding hydrogens is 276 g/mol. The van der Waals surface area contributed by atoms with Gasteiger partial charge in [0.05, 0.1) is 13.2 Å². The van der Waals surface area contributed by atoms with Gasteiger partial charge in [-0.3, -0.25) is 0 Å². The Hall–Kier alpha value is -1.27. The lowest BCUT2D eigenvalue weighted by atomic mass is 10.1. The Morgan fingerprint density at radius 2 is 2.29 bits per heavy atom. The summed E-state index contributed by atoms with van der Waals surface area (Å²) in [6.45, 7) is 1.46. The maximum Gasteiger partial charge on any atom is 0.260 e. The molecule has 0 saturated heterocycles. The third-order valence-corrected chi connectivity index (χ3v) is 3.57. The molecule has 1 aromatic heterocycles. The first-order chi connectivity index (χ1) is 10.1. The maximum atomic E-state index is 13.7. The van der Waals surface area contributed by atoms with Crippen molar-refractivity contribution in [2.45, 2.75) is 31.6 Å². The molecule has 0 radical (unpaired) electrons. The molecule has 0 aliphatic carbocycles. The summed E-state index contributed by atoms with van der Waals surface area (Å²) in [7, 11) is 1.55. The predicted molar refractivity (Wildman–Crippen MR) is 79.1 cm³/mol. The third kappa shape index (κ3) is 5.21. The first-order valence-corrected chi connectivity index (χ1v) is 7.41. The van der Waals surface area contributed by atoms with E-state index in [1.54, 1.807) is 7.11 Å². The van der Waals surface area contributed by atoms with Crippen molar-refractivity contribution in [2.75, 3.05) is 38.7 Å². The molecule has 1 aliphatic heterocycles. The fraction of sp³-hybridized carbons (Fsp3) is 0.667. The number of anilines is 1. The van der Waals surface area contributed by atoms with E-state index in [2.05, 4.69) is 15.6 Å². The Morgan fingerprint density at radius 3 is 3.10 bits per heavy atom. The van der Waals surface area contributed by atoms with Crippen molar-refractivity contribution in [3.8, 4) is 0 Å². The van der Waals surface area contributed by atoms with Crippen LogP contribution in [0.3, 0.4) is 0 Å². The first-order valence-electron chi connectivity index (χ1n) is 7.41. The Kier molecular flexibility index (Phi) is 5.87. The highest BCUT2D eigenvalue weighted by atomic mass is 19.3. The molecule has 0 saturated carbocycles. The zero-order valence-electron chi connectivity index (χ0n) is 12.4. The summed E-state index contributed by atoms with van der Waals surface area (Å²) in [4.78, 5) is 4.44. The number of aromatic nitrogens is 1. The number of fused-ring (bicyclic) bond motifs is 1. The Bertz CT molecular complexity index is 455. The normalized spacial score (nSPS) is 14.6. The summed E-state index contributed by atoms with van der Waals surface area (Å²) in [6.07, 6.45) is 2.20. The van der Waals surface area contributed by atoms with Gasteiger partial charge in [-0.05, 0) is 30.9 Å². The number of hydrogen-bond acceptors (Lipinski definition) is 4. The van der Waals surface area contributed by atoms with Crippen LogP contribution in [0.4, 0.5) is 14.6 Å². The number of ether oxygens (including phenoxy) is 1. The number of nitrogens with one attached hydrogen (secondary N) is 2. The van der Waals surface area contributed by atoms with Crippen molar-refractivity contribution in [3.63, 3.8) is 0 Å². The summed E-state index contributed by atoms with van der Waals surface area (Å²) in [5.41, 5.74) is 1.90. The molecule has 0 spiro atoms. The van der Waals surface area contributed by atoms with E-state index < -0.39 is 5.92 Å². The van der Waals surface area contributed by atoms with Crippen molar-refractivity contribution in [3.05, 3.63) is 23.4 Å². The van der Waals surface area contributed by atoms with Crippen LogP contribution in [0, 0.1) is 0 Å². The standard InChI is InChI=1S/C15H23F2N3O/c1-21-10-9-18-11-15(16,17)7-6-13-5-4-12-3-2-8-19-14(12)20-13/h4-5,18H,2-3,6-11H2,1H3,(H,19,20). The molecule has 21 heavy (non-hydrogen) atoms. The van der Waals surface area contributed by atoms with E-state index in [0.29, 0.717) is 13.2 Å². The highest BCUT2D eigenvalue weighted by molar-refractivity contribution is 5.46. The van der Waals surface area contributed by atoms with Gasteiger partial charge in [-0.2, -0.15) is 0 Å². The van der Waals surface area contributed by atoms with Crippen LogP contribution in [0.2, 0.25) is 0 Å². The minimum Gasteiger partial charge on any atom is -0.383 e. The summed E-state index contributed by atoms with van der Waals surface area (Å²) in [6, 6.07) is 3.86. The number of pyridine rings is 1. The molecule has 0 fully saturated rings. The molecule has 0 aromatic carbocycles. The van der Waals surface area contributed by atoms with Crippen LogP contribution >= 0.6 is 0 Å². The lowest BCUT2D eigenvalue weighted by molar-refractivity contribution is -0.00721. The van der Waals surface area contributed by atoms with E-state index in [0.717, 1.165) is 30.9 Å². The molecule has 0 atom stereocenters. The number of rotatable bonds is 8. The smallest absolute Gasteiger partial charge is 0.260 e. The summed E-state index contributed by atoms with van der Waals surface area (Å²) in [5.74, 6) is -1.86. The fourth-order valence-corrected chi connectivity index (χ4v) is 2.35. The van der Waals surface area contributed by atoms with Crippen molar-refractivity contribution >= 4 is 5.82 Å². The second-order valence-corrected chi connectivity index (χ2v) is 5.37. The van der Waals surface area contributed by atoms with Crippen LogP contribution < -0.4 is 10.6 Å². The van der Waals surface area contributed by atoms with Gasteiger partial charge in [0.1, 0.15) is 5.82 Å². The van der Waals surface area contributed by atoms with E-state index >= 15 is 0 Å². The quantitative estimate of drug-likeness (QED) is 0.723. The van der Waals surface area contributed by atoms with Crippen LogP contribution in [-0.4, -0.2) is 44.3 Å². The number of methoxy groups -OCH3 is 1. The molecular formula is C15H23F2N3O. The maximum absolute atomic E-state index is 13.7. The van der Waals surface area contributed by atoms with Crippen LogP contribution in [0.25, 0.3) is 0 Å². The van der Waals surface area contributed by atoms with Gasteiger partial charge in [0.2, 0.25) is 0 Å². The lowest BCUT2D eigenvalue weighted by Crippen LogP contribution is -2.35. The van der Waals surface area contributed by atoms with E-state index in [-0.39, 0.29) is 19.4 Å². The average Bonchev–Trinajstić information content (AvgIpc) is 2.49. The van der Waals surface area contributed by atoms with Gasteiger partial charge >= 0.3 is 0 Å². The molecule has 2 heterocycles. The highest BCUT2D eigenvalue weighted by Gasteiger charge is 2.28. The van der Waals surface area contributed by atoms with Crippen molar-refractivity contribution < 1.29 is 13.5 Å². The van der Waals surface area contributed by atoms with Gasteiger partial charge in [-0.15, -0.1) is 0 Å². The van der Waals surface area contributed by atoms with E-state index in [4.69, 9.17) is 4.74 Å². The molecule has 1 aromatic rings. The Balaban J connectivity index is 1.81. The van der Waals surface area contributed by atoms with Gasteiger partial charge in [0.15, 0.2) is 0 Å². The first kappa shape index (κ1) is 16.1. The zero-order valence-corrected chi connectivity index (χ0v) is 12.4. The molecule has 6 heteroatoms. The van der Waals surface area contributed by atoms with Crippen LogP contribution in [0.1, 0.15) is 24.1 Å². The monoisotopic (exact) mass is 299 g/mol. The third-order valence-electron chi connectivity index (χ3n) is 3.57. The number of alkyl halides is 2. The number of aryl methyl sites for hydroxylation is 2. The fourth-order valence-electron chi connectivity index (χ4n) is 2.35. The highest BCUT2D eigenvalue weighted by Crippen LogP contribution is 2.23. The van der Waals surface area contributed by atoms with Crippen molar-refractivity contribution in [1.29, 1.82) is 0 Å². The van der Waals surface area contributed by atoms with Gasteiger partial charge in [-0.25, -0.2) is 13.8 Å². The summed E-state index contributed by atoms with van der Waals surface area (Å²) >= 11 is 0. The number of nitrogens with zero attached hydrogens (tertiary/aromatic N) is 1. The van der Waals surface area contributed by atoms with E-state index in [9.17, 15) is 8.78 Å². The van der Waals surface area contributed by atoms with Crippen LogP contribution in [0.15, 0.2) is 12.1 Å². The van der Waals surface area contributed by atoms with Crippen LogP contribution in [0.5, 0.6) is 0 Å². The van der Waals surface area contributed by atoms with Crippen LogP contribution in [-0.2, 0) is 17.6 Å². The van der Waals surface area contributed by atoms with Gasteiger partial charge in [0.25, 0.3) is 5.92 Å². The lowest BCUT2D eigenvalue weighted by Gasteiger charge is -2.19. The summed E-state index contributed by atoms with van der Waals surface area (Å²) < 4.78 is 32.3. The predicted octanol–water partition coefficient (Wildman–Crippen LogP) is 2.24. The van der Waals surface area contributed by atoms with E-state index in [1.807, 2.05) is 12.1 Å². The molecule has 0 bridgehead atoms. The number of hydrogen-bond donors (Lipinski definition) is 2. The molecule has 4 nitrogen and oxygen atoms in total. The molecule has 0 amide bonds. The Morgan fingerprint density at radius 1 is 1.43 bits per heavy atom. The topological polar surface area (TPSA) is 46.2 Å². The second kappa shape index (κ2) is 7.66. The summed E-state index contributed by atoms with van der Waals surface area (Å²) in [5, 5.41) is 5.93. The average molecular weight is 299 g/mol. The Labute approximate surface area is 124 Å². The zero-order chi connectivity index (χ0) is 15.1. The minimum absolute atomic E-state index is 0.196. The van der Waals surface area contributed by atoms with E-state index in [1.165, 1.54) is 5.56 Å².